The van der Waals surface area contributed by atoms with Crippen LogP contribution in [0.15, 0.2) is 53.6 Å². The van der Waals surface area contributed by atoms with Gasteiger partial charge in [-0.3, -0.25) is 9.59 Å². The van der Waals surface area contributed by atoms with Gasteiger partial charge in [-0.05, 0) is 47.7 Å². The van der Waals surface area contributed by atoms with E-state index in [0.29, 0.717) is 27.9 Å². The van der Waals surface area contributed by atoms with Crippen LogP contribution >= 0.6 is 0 Å². The average Bonchev–Trinajstić information content (AvgIpc) is 2.94. The van der Waals surface area contributed by atoms with Gasteiger partial charge in [-0.2, -0.15) is 18.3 Å². The Balaban J connectivity index is 1.32. The van der Waals surface area contributed by atoms with Gasteiger partial charge in [0, 0.05) is 50.4 Å². The van der Waals surface area contributed by atoms with E-state index in [4.69, 9.17) is 0 Å². The third-order valence-corrected chi connectivity index (χ3v) is 7.02. The predicted molar refractivity (Wildman–Crippen MR) is 145 cm³/mol. The summed E-state index contributed by atoms with van der Waals surface area (Å²) in [5.74, 6) is -0.585. The van der Waals surface area contributed by atoms with E-state index >= 15 is 0 Å². The van der Waals surface area contributed by atoms with Crippen LogP contribution in [0.5, 0.6) is 0 Å². The molecular weight excluding hydrogens is 540 g/mol. The minimum absolute atomic E-state index is 0.0871. The first-order chi connectivity index (χ1) is 19.5. The van der Waals surface area contributed by atoms with Crippen molar-refractivity contribution in [2.45, 2.75) is 32.9 Å². The van der Waals surface area contributed by atoms with Crippen LogP contribution in [0.2, 0.25) is 0 Å². The van der Waals surface area contributed by atoms with Crippen LogP contribution in [-0.4, -0.2) is 57.2 Å². The monoisotopic (exact) mass is 568 g/mol. The number of rotatable bonds is 6. The highest BCUT2D eigenvalue weighted by atomic mass is 19.4. The number of hydrogen-bond acceptors (Lipinski definition) is 6. The summed E-state index contributed by atoms with van der Waals surface area (Å²) in [6.45, 7) is 5.23. The van der Waals surface area contributed by atoms with E-state index in [1.54, 1.807) is 17.0 Å². The molecule has 1 N–H and O–H groups in total. The molecule has 1 aliphatic rings. The molecule has 0 saturated carbocycles. The van der Waals surface area contributed by atoms with Crippen molar-refractivity contribution < 1.29 is 22.4 Å². The maximum atomic E-state index is 14.8. The van der Waals surface area contributed by atoms with Gasteiger partial charge in [0.25, 0.3) is 11.5 Å². The predicted octanol–water partition coefficient (Wildman–Crippen LogP) is 4.62. The zero-order valence-electron chi connectivity index (χ0n) is 22.5. The Morgan fingerprint density at radius 1 is 0.976 bits per heavy atom. The van der Waals surface area contributed by atoms with Crippen molar-refractivity contribution >= 4 is 22.6 Å². The summed E-state index contributed by atoms with van der Waals surface area (Å²) in [7, 11) is 0. The molecule has 0 atom stereocenters. The number of halogens is 4. The minimum Gasteiger partial charge on any atom is -0.337 e. The summed E-state index contributed by atoms with van der Waals surface area (Å²) in [6.07, 6.45) is -1.95. The number of carbonyl (C=O) groups is 1. The van der Waals surface area contributed by atoms with Crippen LogP contribution in [0.3, 0.4) is 0 Å². The molecule has 0 spiro atoms. The number of alkyl halides is 3. The third-order valence-electron chi connectivity index (χ3n) is 7.02. The summed E-state index contributed by atoms with van der Waals surface area (Å²) < 4.78 is 53.2. The Hall–Kier alpha value is -4.35. The fourth-order valence-corrected chi connectivity index (χ4v) is 4.95. The standard InChI is InChI=1S/C29H28F4N6O2/c1-17(2)11-18-3-5-21-22(12-18)25(36-37-26(21)40)14-19-4-6-24(30)23(13-19)27(41)38-7-9-39(10-8-38)28-34-15-20(16-35-28)29(31,32)33/h3-6,12-13,15-17H,7-11,14H2,1-2H3,(H,37,40). The molecular formula is C29H28F4N6O2. The fraction of sp³-hybridized carbons (Fsp3) is 0.345. The van der Waals surface area contributed by atoms with Gasteiger partial charge in [0.1, 0.15) is 5.82 Å². The lowest BCUT2D eigenvalue weighted by molar-refractivity contribution is -0.138. The molecule has 0 unspecified atom stereocenters. The summed E-state index contributed by atoms with van der Waals surface area (Å²) in [4.78, 5) is 36.4. The normalized spacial score (nSPS) is 14.2. The van der Waals surface area contributed by atoms with Crippen LogP contribution < -0.4 is 10.5 Å². The lowest BCUT2D eigenvalue weighted by atomic mass is 9.97. The average molecular weight is 569 g/mol. The molecule has 4 aromatic rings. The van der Waals surface area contributed by atoms with Gasteiger partial charge in [0.2, 0.25) is 5.95 Å². The van der Waals surface area contributed by atoms with Crippen molar-refractivity contribution in [2.24, 2.45) is 5.92 Å². The largest absolute Gasteiger partial charge is 0.419 e. The first kappa shape index (κ1) is 28.2. The molecule has 5 rings (SSSR count). The zero-order chi connectivity index (χ0) is 29.3. The van der Waals surface area contributed by atoms with Gasteiger partial charge in [-0.15, -0.1) is 0 Å². The molecule has 0 radical (unpaired) electrons. The van der Waals surface area contributed by atoms with E-state index in [2.05, 4.69) is 34.0 Å². The van der Waals surface area contributed by atoms with Crippen LogP contribution in [0.25, 0.3) is 10.8 Å². The Bertz CT molecular complexity index is 1630. The molecule has 214 valence electrons. The SMILES string of the molecule is CC(C)Cc1ccc2c(=O)[nH]nc(Cc3ccc(F)c(C(=O)N4CCN(c5ncc(C(F)(F)F)cn5)CC4)c3)c2c1. The van der Waals surface area contributed by atoms with E-state index in [1.807, 2.05) is 12.1 Å². The molecule has 2 aromatic carbocycles. The number of benzene rings is 2. The highest BCUT2D eigenvalue weighted by Gasteiger charge is 2.32. The van der Waals surface area contributed by atoms with Crippen LogP contribution in [-0.2, 0) is 19.0 Å². The van der Waals surface area contributed by atoms with Crippen LogP contribution in [0.4, 0.5) is 23.5 Å². The zero-order valence-corrected chi connectivity index (χ0v) is 22.5. The van der Waals surface area contributed by atoms with E-state index in [-0.39, 0.29) is 49.7 Å². The molecule has 8 nitrogen and oxygen atoms in total. The Morgan fingerprint density at radius 3 is 2.32 bits per heavy atom. The van der Waals surface area contributed by atoms with Crippen molar-refractivity contribution in [3.63, 3.8) is 0 Å². The van der Waals surface area contributed by atoms with Gasteiger partial charge in [0.05, 0.1) is 22.2 Å². The van der Waals surface area contributed by atoms with Gasteiger partial charge in [-0.25, -0.2) is 19.5 Å². The minimum atomic E-state index is -4.53. The van der Waals surface area contributed by atoms with Crippen molar-refractivity contribution in [3.8, 4) is 0 Å². The molecule has 1 amide bonds. The maximum absolute atomic E-state index is 14.8. The first-order valence-electron chi connectivity index (χ1n) is 13.2. The number of aromatic amines is 1. The molecule has 0 bridgehead atoms. The number of anilines is 1. The number of aromatic nitrogens is 4. The van der Waals surface area contributed by atoms with Crippen LogP contribution in [0.1, 0.15) is 46.6 Å². The van der Waals surface area contributed by atoms with Crippen LogP contribution in [0, 0.1) is 11.7 Å². The summed E-state index contributed by atoms with van der Waals surface area (Å²) in [5.41, 5.74) is 1.03. The number of hydrogen-bond donors (Lipinski definition) is 1. The highest BCUT2D eigenvalue weighted by Crippen LogP contribution is 2.28. The van der Waals surface area contributed by atoms with E-state index in [0.717, 1.165) is 24.4 Å². The van der Waals surface area contributed by atoms with E-state index in [9.17, 15) is 27.2 Å². The molecule has 2 aromatic heterocycles. The smallest absolute Gasteiger partial charge is 0.337 e. The fourth-order valence-electron chi connectivity index (χ4n) is 4.95. The second-order valence-corrected chi connectivity index (χ2v) is 10.5. The Kier molecular flexibility index (Phi) is 7.74. The molecule has 1 fully saturated rings. The summed E-state index contributed by atoms with van der Waals surface area (Å²) >= 11 is 0. The van der Waals surface area contributed by atoms with Gasteiger partial charge in [-0.1, -0.05) is 26.0 Å². The Morgan fingerprint density at radius 2 is 1.66 bits per heavy atom. The quantitative estimate of drug-likeness (QED) is 0.341. The first-order valence-corrected chi connectivity index (χ1v) is 13.2. The number of H-pyrrole nitrogens is 1. The van der Waals surface area contributed by atoms with Crippen molar-refractivity contribution in [1.29, 1.82) is 0 Å². The number of nitrogens with zero attached hydrogens (tertiary/aromatic N) is 5. The molecule has 3 heterocycles. The number of nitrogens with one attached hydrogen (secondary N) is 1. The van der Waals surface area contributed by atoms with E-state index in [1.165, 1.54) is 17.0 Å². The second-order valence-electron chi connectivity index (χ2n) is 10.5. The van der Waals surface area contributed by atoms with Gasteiger partial charge < -0.3 is 9.80 Å². The lowest BCUT2D eigenvalue weighted by Crippen LogP contribution is -2.49. The van der Waals surface area contributed by atoms with Crippen molar-refractivity contribution in [3.05, 3.63) is 92.9 Å². The second kappa shape index (κ2) is 11.3. The summed E-state index contributed by atoms with van der Waals surface area (Å²) in [5, 5.41) is 8.01. The maximum Gasteiger partial charge on any atom is 0.419 e. The number of piperazine rings is 1. The number of amides is 1. The number of fused-ring (bicyclic) bond motifs is 1. The third kappa shape index (κ3) is 6.21. The number of carbonyl (C=O) groups excluding carboxylic acids is 1. The van der Waals surface area contributed by atoms with Crippen molar-refractivity contribution in [1.82, 2.24) is 25.1 Å². The van der Waals surface area contributed by atoms with Crippen molar-refractivity contribution in [2.75, 3.05) is 31.1 Å². The Labute approximate surface area is 233 Å². The molecule has 1 saturated heterocycles. The summed E-state index contributed by atoms with van der Waals surface area (Å²) in [6, 6.07) is 10.0. The molecule has 41 heavy (non-hydrogen) atoms. The lowest BCUT2D eigenvalue weighted by Gasteiger charge is -2.34. The van der Waals surface area contributed by atoms with Gasteiger partial charge >= 0.3 is 6.18 Å². The highest BCUT2D eigenvalue weighted by molar-refractivity contribution is 5.95. The van der Waals surface area contributed by atoms with E-state index < -0.39 is 23.5 Å². The molecule has 12 heteroatoms. The molecule has 1 aliphatic heterocycles. The topological polar surface area (TPSA) is 95.1 Å². The van der Waals surface area contributed by atoms with Gasteiger partial charge in [0.15, 0.2) is 0 Å². The molecule has 0 aliphatic carbocycles.